The SMILES string of the molecule is C[C@H](O)Cn1ncc(-c2onc(-c3cccc(O)c3Cl)c2C(=O)O)c1C(F)(F)F. The van der Waals surface area contributed by atoms with E-state index in [2.05, 4.69) is 10.3 Å². The van der Waals surface area contributed by atoms with Crippen LogP contribution in [0, 0.1) is 0 Å². The van der Waals surface area contributed by atoms with E-state index in [1.165, 1.54) is 25.1 Å². The molecule has 1 atom stereocenters. The number of alkyl halides is 3. The van der Waals surface area contributed by atoms with Gasteiger partial charge in [-0.3, -0.25) is 4.68 Å². The maximum Gasteiger partial charge on any atom is 0.433 e. The van der Waals surface area contributed by atoms with Gasteiger partial charge in [0.2, 0.25) is 0 Å². The van der Waals surface area contributed by atoms with E-state index in [0.29, 0.717) is 4.68 Å². The number of carboxylic acid groups (broad SMARTS) is 1. The number of hydrogen-bond acceptors (Lipinski definition) is 6. The highest BCUT2D eigenvalue weighted by Gasteiger charge is 2.41. The lowest BCUT2D eigenvalue weighted by atomic mass is 10.0. The third-order valence-electron chi connectivity index (χ3n) is 3.93. The van der Waals surface area contributed by atoms with Crippen LogP contribution in [0.3, 0.4) is 0 Å². The van der Waals surface area contributed by atoms with Gasteiger partial charge in [-0.05, 0) is 13.0 Å². The Morgan fingerprint density at radius 1 is 1.34 bits per heavy atom. The predicted molar refractivity (Wildman–Crippen MR) is 93.5 cm³/mol. The Kier molecular flexibility index (Phi) is 5.28. The Morgan fingerprint density at radius 2 is 2.03 bits per heavy atom. The molecule has 0 aliphatic rings. The van der Waals surface area contributed by atoms with Crippen molar-refractivity contribution in [1.29, 1.82) is 0 Å². The topological polar surface area (TPSA) is 122 Å². The van der Waals surface area contributed by atoms with Gasteiger partial charge in [0, 0.05) is 5.56 Å². The molecule has 3 aromatic rings. The molecule has 2 heterocycles. The molecular weight excluding hydrogens is 419 g/mol. The molecule has 0 bridgehead atoms. The summed E-state index contributed by atoms with van der Waals surface area (Å²) in [4.78, 5) is 11.8. The number of phenols is 1. The molecule has 0 saturated carbocycles. The second-order valence-electron chi connectivity index (χ2n) is 6.11. The average molecular weight is 432 g/mol. The molecule has 154 valence electrons. The number of halogens is 4. The van der Waals surface area contributed by atoms with Gasteiger partial charge in [-0.1, -0.05) is 28.9 Å². The summed E-state index contributed by atoms with van der Waals surface area (Å²) in [5, 5.41) is 35.7. The van der Waals surface area contributed by atoms with E-state index in [0.717, 1.165) is 6.20 Å². The second kappa shape index (κ2) is 7.41. The normalized spacial score (nSPS) is 12.9. The van der Waals surface area contributed by atoms with E-state index >= 15 is 0 Å². The number of aromatic carboxylic acids is 1. The highest BCUT2D eigenvalue weighted by molar-refractivity contribution is 6.35. The Bertz CT molecular complexity index is 1070. The van der Waals surface area contributed by atoms with Gasteiger partial charge in [0.05, 0.1) is 29.4 Å². The van der Waals surface area contributed by atoms with Crippen LogP contribution in [0.5, 0.6) is 5.75 Å². The van der Waals surface area contributed by atoms with Crippen molar-refractivity contribution in [3.05, 3.63) is 40.7 Å². The van der Waals surface area contributed by atoms with E-state index in [4.69, 9.17) is 16.1 Å². The lowest BCUT2D eigenvalue weighted by Crippen LogP contribution is -2.21. The Balaban J connectivity index is 2.26. The summed E-state index contributed by atoms with van der Waals surface area (Å²) in [6.45, 7) is 0.803. The number of hydrogen-bond donors (Lipinski definition) is 3. The van der Waals surface area contributed by atoms with Crippen molar-refractivity contribution in [3.63, 3.8) is 0 Å². The molecular formula is C17H13ClF3N3O5. The molecule has 0 unspecified atom stereocenters. The van der Waals surface area contributed by atoms with Gasteiger partial charge in [-0.2, -0.15) is 18.3 Å². The molecule has 0 fully saturated rings. The third-order valence-corrected chi connectivity index (χ3v) is 4.33. The van der Waals surface area contributed by atoms with Gasteiger partial charge in [-0.25, -0.2) is 4.79 Å². The molecule has 12 heteroatoms. The first-order chi connectivity index (χ1) is 13.5. The Morgan fingerprint density at radius 3 is 2.62 bits per heavy atom. The average Bonchev–Trinajstić information content (AvgIpc) is 3.20. The predicted octanol–water partition coefficient (Wildman–Crippen LogP) is 3.66. The fourth-order valence-electron chi connectivity index (χ4n) is 2.80. The number of benzene rings is 1. The smallest absolute Gasteiger partial charge is 0.433 e. The van der Waals surface area contributed by atoms with Gasteiger partial charge < -0.3 is 19.8 Å². The van der Waals surface area contributed by atoms with Crippen LogP contribution in [0.2, 0.25) is 5.02 Å². The third kappa shape index (κ3) is 3.78. The van der Waals surface area contributed by atoms with Crippen LogP contribution < -0.4 is 0 Å². The number of phenolic OH excluding ortho intramolecular Hbond substituents is 1. The van der Waals surface area contributed by atoms with Crippen molar-refractivity contribution < 1.29 is 37.8 Å². The summed E-state index contributed by atoms with van der Waals surface area (Å²) in [6.07, 6.45) is -5.28. The first-order valence-corrected chi connectivity index (χ1v) is 8.42. The van der Waals surface area contributed by atoms with Crippen LogP contribution in [0.4, 0.5) is 13.2 Å². The van der Waals surface area contributed by atoms with E-state index in [1.54, 1.807) is 0 Å². The largest absolute Gasteiger partial charge is 0.506 e. The lowest BCUT2D eigenvalue weighted by Gasteiger charge is -2.13. The van der Waals surface area contributed by atoms with Gasteiger partial charge in [0.25, 0.3) is 0 Å². The zero-order chi connectivity index (χ0) is 21.5. The fraction of sp³-hybridized carbons (Fsp3) is 0.235. The van der Waals surface area contributed by atoms with Gasteiger partial charge in [0.1, 0.15) is 17.0 Å². The molecule has 29 heavy (non-hydrogen) atoms. The molecule has 0 amide bonds. The van der Waals surface area contributed by atoms with Gasteiger partial charge >= 0.3 is 12.1 Å². The van der Waals surface area contributed by atoms with Crippen LogP contribution in [-0.2, 0) is 12.7 Å². The van der Waals surface area contributed by atoms with Gasteiger partial charge in [0.15, 0.2) is 11.5 Å². The maximum absolute atomic E-state index is 13.7. The molecule has 0 spiro atoms. The number of nitrogens with zero attached hydrogens (tertiary/aromatic N) is 3. The monoisotopic (exact) mass is 431 g/mol. The molecule has 3 N–H and O–H groups in total. The van der Waals surface area contributed by atoms with E-state index in [9.17, 15) is 33.3 Å². The Labute approximate surface area is 165 Å². The number of rotatable bonds is 5. The molecule has 1 aromatic carbocycles. The number of aromatic nitrogens is 3. The number of aliphatic hydroxyl groups excluding tert-OH is 1. The van der Waals surface area contributed by atoms with Crippen molar-refractivity contribution in [2.75, 3.05) is 0 Å². The highest BCUT2D eigenvalue weighted by Crippen LogP contribution is 2.42. The minimum atomic E-state index is -4.92. The molecule has 0 aliphatic heterocycles. The molecule has 0 saturated heterocycles. The number of carbonyl (C=O) groups is 1. The van der Waals surface area contributed by atoms with E-state index in [1.807, 2.05) is 0 Å². The van der Waals surface area contributed by atoms with Crippen molar-refractivity contribution >= 4 is 17.6 Å². The standard InChI is InChI=1S/C17H13ClF3N3O5/c1-7(25)6-24-15(17(19,20)21)9(5-22-24)14-11(16(27)28)13(23-29-14)8-3-2-4-10(26)12(8)18/h2-5,7,25-26H,6H2,1H3,(H,27,28)/t7-/m0/s1. The van der Waals surface area contributed by atoms with Crippen molar-refractivity contribution in [3.8, 4) is 28.3 Å². The zero-order valence-corrected chi connectivity index (χ0v) is 15.4. The zero-order valence-electron chi connectivity index (χ0n) is 14.6. The van der Waals surface area contributed by atoms with Crippen molar-refractivity contribution in [2.45, 2.75) is 25.7 Å². The van der Waals surface area contributed by atoms with Crippen LogP contribution in [0.1, 0.15) is 23.0 Å². The minimum absolute atomic E-state index is 0.0380. The van der Waals surface area contributed by atoms with Crippen LogP contribution in [0.25, 0.3) is 22.6 Å². The fourth-order valence-corrected chi connectivity index (χ4v) is 3.01. The summed E-state index contributed by atoms with van der Waals surface area (Å²) < 4.78 is 46.4. The summed E-state index contributed by atoms with van der Waals surface area (Å²) >= 11 is 5.98. The first kappa shape index (κ1) is 20.7. The molecule has 3 rings (SSSR count). The number of aromatic hydroxyl groups is 1. The molecule has 2 aromatic heterocycles. The van der Waals surface area contributed by atoms with Crippen molar-refractivity contribution in [2.24, 2.45) is 0 Å². The molecule has 0 aliphatic carbocycles. The quantitative estimate of drug-likeness (QED) is 0.563. The van der Waals surface area contributed by atoms with E-state index < -0.39 is 47.4 Å². The van der Waals surface area contributed by atoms with Crippen LogP contribution in [-0.4, -0.2) is 42.3 Å². The second-order valence-corrected chi connectivity index (χ2v) is 6.49. The summed E-state index contributed by atoms with van der Waals surface area (Å²) in [7, 11) is 0. The Hall–Kier alpha value is -3.05. The minimum Gasteiger partial charge on any atom is -0.506 e. The molecule has 8 nitrogen and oxygen atoms in total. The maximum atomic E-state index is 13.7. The lowest BCUT2D eigenvalue weighted by molar-refractivity contribution is -0.144. The molecule has 0 radical (unpaired) electrons. The van der Waals surface area contributed by atoms with Gasteiger partial charge in [-0.15, -0.1) is 0 Å². The van der Waals surface area contributed by atoms with Crippen molar-refractivity contribution in [1.82, 2.24) is 14.9 Å². The van der Waals surface area contributed by atoms with E-state index in [-0.39, 0.29) is 22.0 Å². The summed E-state index contributed by atoms with van der Waals surface area (Å²) in [5.74, 6) is -2.67. The highest BCUT2D eigenvalue weighted by atomic mass is 35.5. The first-order valence-electron chi connectivity index (χ1n) is 8.04. The number of carboxylic acids is 1. The van der Waals surface area contributed by atoms with Crippen LogP contribution >= 0.6 is 11.6 Å². The summed E-state index contributed by atoms with van der Waals surface area (Å²) in [6, 6.07) is 3.94. The summed E-state index contributed by atoms with van der Waals surface area (Å²) in [5.41, 5.74) is -3.04. The van der Waals surface area contributed by atoms with Crippen LogP contribution in [0.15, 0.2) is 28.9 Å². The number of aliphatic hydroxyl groups is 1.